The van der Waals surface area contributed by atoms with Gasteiger partial charge in [-0.3, -0.25) is 0 Å². The lowest BCUT2D eigenvalue weighted by Gasteiger charge is -2.32. The molecule has 0 spiro atoms. The van der Waals surface area contributed by atoms with Gasteiger partial charge >= 0.3 is 7.12 Å². The lowest BCUT2D eigenvalue weighted by Crippen LogP contribution is -2.41. The predicted octanol–water partition coefficient (Wildman–Crippen LogP) is 5.21. The summed E-state index contributed by atoms with van der Waals surface area (Å²) in [6, 6.07) is 26.1. The van der Waals surface area contributed by atoms with Crippen molar-refractivity contribution in [3.63, 3.8) is 0 Å². The molecule has 1 fully saturated rings. The highest BCUT2D eigenvalue weighted by Crippen LogP contribution is 2.36. The summed E-state index contributed by atoms with van der Waals surface area (Å²) < 4.78 is 12.6. The number of hydrogen-bond donors (Lipinski definition) is 0. The third-order valence-electron chi connectivity index (χ3n) is 6.93. The van der Waals surface area contributed by atoms with E-state index in [1.807, 2.05) is 94.4 Å². The molecule has 5 aromatic rings. The zero-order valence-corrected chi connectivity index (χ0v) is 20.2. The van der Waals surface area contributed by atoms with Crippen LogP contribution in [0, 0.1) is 0 Å². The first-order valence-electron chi connectivity index (χ1n) is 11.8. The van der Waals surface area contributed by atoms with Gasteiger partial charge in [0, 0.05) is 10.8 Å². The van der Waals surface area contributed by atoms with Crippen LogP contribution in [0.2, 0.25) is 0 Å². The van der Waals surface area contributed by atoms with Crippen molar-refractivity contribution in [1.29, 1.82) is 0 Å². The lowest BCUT2D eigenvalue weighted by atomic mass is 9.88. The van der Waals surface area contributed by atoms with Crippen LogP contribution < -0.4 is 5.72 Å². The standard InChI is InChI=1S/C28H25BN4O2/c1-27(2)28(3,4)35-29(34-27)26-32-24(22-15-13-18-9-5-7-11-20(18)30-22)17-25(33-26)23-16-14-19-10-6-8-12-21(19)31-23/h5-17H,1-4H3. The van der Waals surface area contributed by atoms with Gasteiger partial charge in [0.05, 0.1) is 45.0 Å². The molecule has 1 aliphatic rings. The second-order valence-electron chi connectivity index (χ2n) is 9.86. The molecule has 0 unspecified atom stereocenters. The monoisotopic (exact) mass is 460 g/mol. The van der Waals surface area contributed by atoms with Crippen molar-refractivity contribution >= 4 is 34.6 Å². The van der Waals surface area contributed by atoms with Crippen LogP contribution in [0.4, 0.5) is 0 Å². The summed E-state index contributed by atoms with van der Waals surface area (Å²) in [4.78, 5) is 19.4. The lowest BCUT2D eigenvalue weighted by molar-refractivity contribution is 0.00578. The number of fused-ring (bicyclic) bond motifs is 2. The smallest absolute Gasteiger partial charge is 0.397 e. The van der Waals surface area contributed by atoms with Gasteiger partial charge in [-0.15, -0.1) is 0 Å². The Morgan fingerprint density at radius 2 is 1.00 bits per heavy atom. The summed E-state index contributed by atoms with van der Waals surface area (Å²) >= 11 is 0. The second-order valence-corrected chi connectivity index (χ2v) is 9.86. The third kappa shape index (κ3) is 3.87. The summed E-state index contributed by atoms with van der Waals surface area (Å²) in [7, 11) is -0.695. The Labute approximate surface area is 204 Å². The predicted molar refractivity (Wildman–Crippen MR) is 139 cm³/mol. The Hall–Kier alpha value is -3.68. The van der Waals surface area contributed by atoms with E-state index in [2.05, 4.69) is 12.1 Å². The normalized spacial score (nSPS) is 16.7. The Balaban J connectivity index is 1.52. The van der Waals surface area contributed by atoms with E-state index in [4.69, 9.17) is 29.2 Å². The van der Waals surface area contributed by atoms with E-state index in [-0.39, 0.29) is 0 Å². The highest BCUT2D eigenvalue weighted by Gasteiger charge is 2.53. The number of rotatable bonds is 3. The zero-order chi connectivity index (χ0) is 24.2. The van der Waals surface area contributed by atoms with Crippen LogP contribution in [0.5, 0.6) is 0 Å². The Kier molecular flexibility index (Phi) is 4.95. The van der Waals surface area contributed by atoms with E-state index in [1.165, 1.54) is 0 Å². The maximum absolute atomic E-state index is 6.28. The van der Waals surface area contributed by atoms with Gasteiger partial charge in [0.1, 0.15) is 0 Å². The molecule has 0 N–H and O–H groups in total. The Morgan fingerprint density at radius 1 is 0.543 bits per heavy atom. The number of hydrogen-bond acceptors (Lipinski definition) is 6. The second kappa shape index (κ2) is 7.94. The number of benzene rings is 2. The van der Waals surface area contributed by atoms with Crippen molar-refractivity contribution < 1.29 is 9.31 Å². The van der Waals surface area contributed by atoms with E-state index in [9.17, 15) is 0 Å². The molecule has 4 heterocycles. The van der Waals surface area contributed by atoms with Crippen molar-refractivity contribution in [2.75, 3.05) is 0 Å². The highest BCUT2D eigenvalue weighted by molar-refractivity contribution is 6.60. The number of aromatic nitrogens is 4. The van der Waals surface area contributed by atoms with Gasteiger partial charge in [-0.25, -0.2) is 19.9 Å². The van der Waals surface area contributed by atoms with Crippen molar-refractivity contribution in [2.45, 2.75) is 38.9 Å². The number of nitrogens with zero attached hydrogens (tertiary/aromatic N) is 4. The van der Waals surface area contributed by atoms with E-state index in [0.717, 1.165) is 33.2 Å². The van der Waals surface area contributed by atoms with Gasteiger partial charge in [0.2, 0.25) is 0 Å². The van der Waals surface area contributed by atoms with Gasteiger partial charge in [-0.05, 0) is 58.0 Å². The van der Waals surface area contributed by atoms with Crippen molar-refractivity contribution in [2.24, 2.45) is 0 Å². The molecule has 35 heavy (non-hydrogen) atoms. The molecule has 0 atom stereocenters. The molecule has 0 aliphatic carbocycles. The van der Waals surface area contributed by atoms with Gasteiger partial charge in [-0.1, -0.05) is 48.5 Å². The van der Waals surface area contributed by atoms with E-state index < -0.39 is 18.3 Å². The average Bonchev–Trinajstić information content (AvgIpc) is 3.09. The van der Waals surface area contributed by atoms with Crippen LogP contribution in [0.3, 0.4) is 0 Å². The van der Waals surface area contributed by atoms with Gasteiger partial charge in [-0.2, -0.15) is 0 Å². The van der Waals surface area contributed by atoms with Gasteiger partial charge < -0.3 is 9.31 Å². The number of pyridine rings is 2. The maximum atomic E-state index is 6.28. The molecule has 3 aromatic heterocycles. The molecule has 172 valence electrons. The highest BCUT2D eigenvalue weighted by atomic mass is 16.7. The van der Waals surface area contributed by atoms with E-state index in [1.54, 1.807) is 0 Å². The minimum Gasteiger partial charge on any atom is -0.397 e. The molecule has 1 aliphatic heterocycles. The summed E-state index contributed by atoms with van der Waals surface area (Å²) in [5, 5.41) is 2.15. The van der Waals surface area contributed by atoms with E-state index >= 15 is 0 Å². The Morgan fingerprint density at radius 3 is 1.49 bits per heavy atom. The summed E-state index contributed by atoms with van der Waals surface area (Å²) in [5.74, 6) is 0. The largest absolute Gasteiger partial charge is 0.534 e. The summed E-state index contributed by atoms with van der Waals surface area (Å²) in [6.45, 7) is 8.09. The average molecular weight is 460 g/mol. The van der Waals surface area contributed by atoms with Gasteiger partial charge in [0.25, 0.3) is 0 Å². The minimum absolute atomic E-state index is 0.459. The fourth-order valence-corrected chi connectivity index (χ4v) is 4.20. The van der Waals surface area contributed by atoms with Crippen LogP contribution in [-0.4, -0.2) is 38.3 Å². The van der Waals surface area contributed by atoms with Crippen LogP contribution in [0.15, 0.2) is 78.9 Å². The first-order chi connectivity index (χ1) is 16.8. The molecular formula is C28H25BN4O2. The number of para-hydroxylation sites is 2. The summed E-state index contributed by atoms with van der Waals surface area (Å²) in [5.41, 5.74) is 4.18. The SMILES string of the molecule is CC1(C)OB(c2nc(-c3ccc4ccccc4n3)cc(-c3ccc4ccccc4n3)n2)OC1(C)C. The molecule has 2 aromatic carbocycles. The first-order valence-corrected chi connectivity index (χ1v) is 11.8. The summed E-state index contributed by atoms with van der Waals surface area (Å²) in [6.07, 6.45) is 0. The van der Waals surface area contributed by atoms with E-state index in [0.29, 0.717) is 17.1 Å². The van der Waals surface area contributed by atoms with Crippen LogP contribution >= 0.6 is 0 Å². The fourth-order valence-electron chi connectivity index (χ4n) is 4.20. The molecule has 6 rings (SSSR count). The van der Waals surface area contributed by atoms with Crippen LogP contribution in [0.1, 0.15) is 27.7 Å². The van der Waals surface area contributed by atoms with Crippen LogP contribution in [0.25, 0.3) is 44.6 Å². The molecule has 0 radical (unpaired) electrons. The Bertz CT molecular complexity index is 1470. The van der Waals surface area contributed by atoms with Gasteiger partial charge in [0.15, 0.2) is 5.72 Å². The molecule has 6 nitrogen and oxygen atoms in total. The first kappa shape index (κ1) is 21.8. The fraction of sp³-hybridized carbons (Fsp3) is 0.214. The van der Waals surface area contributed by atoms with Crippen LogP contribution in [-0.2, 0) is 9.31 Å². The third-order valence-corrected chi connectivity index (χ3v) is 6.93. The molecule has 0 bridgehead atoms. The molecule has 0 amide bonds. The maximum Gasteiger partial charge on any atom is 0.534 e. The topological polar surface area (TPSA) is 70.0 Å². The van der Waals surface area contributed by atoms with Crippen molar-refractivity contribution in [3.8, 4) is 22.8 Å². The molecular weight excluding hydrogens is 435 g/mol. The quantitative estimate of drug-likeness (QED) is 0.345. The molecule has 1 saturated heterocycles. The van der Waals surface area contributed by atoms with Crippen molar-refractivity contribution in [1.82, 2.24) is 19.9 Å². The van der Waals surface area contributed by atoms with Crippen molar-refractivity contribution in [3.05, 3.63) is 78.9 Å². The molecule has 7 heteroatoms. The molecule has 0 saturated carbocycles. The minimum atomic E-state index is -0.695. The zero-order valence-electron chi connectivity index (χ0n) is 20.2.